The molecule has 0 nitrogen and oxygen atoms in total. The maximum Gasteiger partial charge on any atom is -0.0262 e. The van der Waals surface area contributed by atoms with Crippen molar-refractivity contribution in [2.75, 3.05) is 0 Å². The third-order valence-electron chi connectivity index (χ3n) is 1.96. The van der Waals surface area contributed by atoms with Gasteiger partial charge >= 0.3 is 0 Å². The van der Waals surface area contributed by atoms with Crippen LogP contribution in [0, 0.1) is 11.8 Å². The first kappa shape index (κ1) is 10.7. The summed E-state index contributed by atoms with van der Waals surface area (Å²) in [5.74, 6) is 1.64. The van der Waals surface area contributed by atoms with Crippen LogP contribution >= 0.6 is 0 Å². The van der Waals surface area contributed by atoms with Gasteiger partial charge in [0.05, 0.1) is 0 Å². The molecule has 0 rings (SSSR count). The highest BCUT2D eigenvalue weighted by molar-refractivity contribution is 4.82. The molecule has 0 N–H and O–H groups in total. The Morgan fingerprint density at radius 1 is 1.09 bits per heavy atom. The van der Waals surface area contributed by atoms with Crippen LogP contribution in [0.5, 0.6) is 0 Å². The SMILES string of the molecule is CC=CC(C)CCCC(C)C. The summed E-state index contributed by atoms with van der Waals surface area (Å²) < 4.78 is 0. The quantitative estimate of drug-likeness (QED) is 0.524. The maximum atomic E-state index is 2.29. The van der Waals surface area contributed by atoms with Crippen LogP contribution in [0.1, 0.15) is 47.0 Å². The lowest BCUT2D eigenvalue weighted by molar-refractivity contribution is 0.501. The molecule has 0 heterocycles. The summed E-state index contributed by atoms with van der Waals surface area (Å²) in [7, 11) is 0. The van der Waals surface area contributed by atoms with Crippen molar-refractivity contribution in [1.29, 1.82) is 0 Å². The lowest BCUT2D eigenvalue weighted by atomic mass is 9.99. The van der Waals surface area contributed by atoms with Gasteiger partial charge in [0.1, 0.15) is 0 Å². The Morgan fingerprint density at radius 2 is 1.73 bits per heavy atom. The van der Waals surface area contributed by atoms with Gasteiger partial charge in [0.2, 0.25) is 0 Å². The van der Waals surface area contributed by atoms with E-state index >= 15 is 0 Å². The molecule has 0 bridgehead atoms. The molecule has 66 valence electrons. The summed E-state index contributed by atoms with van der Waals surface area (Å²) in [6.45, 7) is 8.97. The van der Waals surface area contributed by atoms with Crippen LogP contribution in [0.2, 0.25) is 0 Å². The molecule has 0 fully saturated rings. The third kappa shape index (κ3) is 7.64. The molecule has 0 radical (unpaired) electrons. The van der Waals surface area contributed by atoms with Gasteiger partial charge in [-0.15, -0.1) is 0 Å². The summed E-state index contributed by atoms with van der Waals surface area (Å²) in [6.07, 6.45) is 8.55. The molecule has 0 heteroatoms. The first-order valence-electron chi connectivity index (χ1n) is 4.79. The second-order valence-electron chi connectivity index (χ2n) is 3.83. The summed E-state index contributed by atoms with van der Waals surface area (Å²) in [6, 6.07) is 0. The van der Waals surface area contributed by atoms with Crippen molar-refractivity contribution in [2.24, 2.45) is 11.8 Å². The maximum absolute atomic E-state index is 2.29. The van der Waals surface area contributed by atoms with Crippen molar-refractivity contribution in [3.63, 3.8) is 0 Å². The predicted octanol–water partition coefficient (Wildman–Crippen LogP) is 4.02. The topological polar surface area (TPSA) is 0 Å². The number of rotatable bonds is 5. The van der Waals surface area contributed by atoms with Gasteiger partial charge in [0.25, 0.3) is 0 Å². The fourth-order valence-corrected chi connectivity index (χ4v) is 1.27. The second kappa shape index (κ2) is 6.45. The minimum Gasteiger partial charge on any atom is -0.0914 e. The summed E-state index contributed by atoms with van der Waals surface area (Å²) >= 11 is 0. The fourth-order valence-electron chi connectivity index (χ4n) is 1.27. The predicted molar refractivity (Wildman–Crippen MR) is 52.7 cm³/mol. The number of hydrogen-bond donors (Lipinski definition) is 0. The lowest BCUT2D eigenvalue weighted by Crippen LogP contribution is -1.92. The van der Waals surface area contributed by atoms with E-state index in [0.717, 1.165) is 11.8 Å². The van der Waals surface area contributed by atoms with Gasteiger partial charge < -0.3 is 0 Å². The molecule has 0 saturated carbocycles. The Labute approximate surface area is 71.7 Å². The van der Waals surface area contributed by atoms with Crippen LogP contribution in [0.4, 0.5) is 0 Å². The van der Waals surface area contributed by atoms with Gasteiger partial charge in [-0.1, -0.05) is 45.8 Å². The molecule has 0 aromatic carbocycles. The summed E-state index contributed by atoms with van der Waals surface area (Å²) in [5, 5.41) is 0. The normalized spacial score (nSPS) is 14.6. The van der Waals surface area contributed by atoms with E-state index in [-0.39, 0.29) is 0 Å². The zero-order chi connectivity index (χ0) is 8.69. The van der Waals surface area contributed by atoms with Gasteiger partial charge in [-0.2, -0.15) is 0 Å². The average molecular weight is 154 g/mol. The highest BCUT2D eigenvalue weighted by atomic mass is 14.0. The van der Waals surface area contributed by atoms with Gasteiger partial charge in [-0.25, -0.2) is 0 Å². The number of hydrogen-bond acceptors (Lipinski definition) is 0. The summed E-state index contributed by atoms with van der Waals surface area (Å²) in [4.78, 5) is 0. The van der Waals surface area contributed by atoms with Gasteiger partial charge in [0, 0.05) is 0 Å². The molecular weight excluding hydrogens is 132 g/mol. The molecule has 0 saturated heterocycles. The van der Waals surface area contributed by atoms with Crippen LogP contribution in [0.25, 0.3) is 0 Å². The smallest absolute Gasteiger partial charge is 0.0262 e. The monoisotopic (exact) mass is 154 g/mol. The Bertz CT molecular complexity index is 101. The van der Waals surface area contributed by atoms with Crippen molar-refractivity contribution in [3.8, 4) is 0 Å². The Kier molecular flexibility index (Phi) is 6.30. The lowest BCUT2D eigenvalue weighted by Gasteiger charge is -2.07. The molecule has 0 aliphatic heterocycles. The van der Waals surface area contributed by atoms with Crippen molar-refractivity contribution in [1.82, 2.24) is 0 Å². The first-order valence-corrected chi connectivity index (χ1v) is 4.79. The van der Waals surface area contributed by atoms with Crippen LogP contribution in [-0.4, -0.2) is 0 Å². The minimum atomic E-state index is 0.777. The van der Waals surface area contributed by atoms with Crippen LogP contribution in [0.15, 0.2) is 12.2 Å². The minimum absolute atomic E-state index is 0.777. The van der Waals surface area contributed by atoms with Crippen LogP contribution in [0.3, 0.4) is 0 Å². The first-order chi connectivity index (χ1) is 5.16. The van der Waals surface area contributed by atoms with E-state index in [9.17, 15) is 0 Å². The van der Waals surface area contributed by atoms with E-state index in [2.05, 4.69) is 39.8 Å². The largest absolute Gasteiger partial charge is 0.0914 e. The van der Waals surface area contributed by atoms with Crippen molar-refractivity contribution in [3.05, 3.63) is 12.2 Å². The van der Waals surface area contributed by atoms with Crippen molar-refractivity contribution in [2.45, 2.75) is 47.0 Å². The van der Waals surface area contributed by atoms with E-state index in [1.54, 1.807) is 0 Å². The highest BCUT2D eigenvalue weighted by Crippen LogP contribution is 2.12. The van der Waals surface area contributed by atoms with Gasteiger partial charge in [-0.3, -0.25) is 0 Å². The molecule has 0 aromatic rings. The van der Waals surface area contributed by atoms with Gasteiger partial charge in [-0.05, 0) is 25.2 Å². The molecule has 11 heavy (non-hydrogen) atoms. The van der Waals surface area contributed by atoms with E-state index < -0.39 is 0 Å². The van der Waals surface area contributed by atoms with E-state index in [1.165, 1.54) is 19.3 Å². The molecule has 0 aliphatic carbocycles. The second-order valence-corrected chi connectivity index (χ2v) is 3.83. The standard InChI is InChI=1S/C11H22/c1-5-7-11(4)9-6-8-10(2)3/h5,7,10-11H,6,8-9H2,1-4H3. The molecule has 0 amide bonds. The van der Waals surface area contributed by atoms with Gasteiger partial charge in [0.15, 0.2) is 0 Å². The Morgan fingerprint density at radius 3 is 2.18 bits per heavy atom. The highest BCUT2D eigenvalue weighted by Gasteiger charge is 1.97. The van der Waals surface area contributed by atoms with Crippen LogP contribution in [-0.2, 0) is 0 Å². The van der Waals surface area contributed by atoms with Crippen molar-refractivity contribution >= 4 is 0 Å². The van der Waals surface area contributed by atoms with Crippen LogP contribution < -0.4 is 0 Å². The van der Waals surface area contributed by atoms with E-state index in [1.807, 2.05) is 0 Å². The molecule has 1 unspecified atom stereocenters. The molecule has 0 spiro atoms. The number of allylic oxidation sites excluding steroid dienone is 2. The molecule has 1 atom stereocenters. The van der Waals surface area contributed by atoms with Crippen molar-refractivity contribution < 1.29 is 0 Å². The third-order valence-corrected chi connectivity index (χ3v) is 1.96. The average Bonchev–Trinajstić information content (AvgIpc) is 1.87. The Hall–Kier alpha value is -0.260. The molecule has 0 aliphatic rings. The fraction of sp³-hybridized carbons (Fsp3) is 0.818. The zero-order valence-corrected chi connectivity index (χ0v) is 8.43. The molecule has 0 aromatic heterocycles. The van der Waals surface area contributed by atoms with E-state index in [0.29, 0.717) is 0 Å². The summed E-state index contributed by atoms with van der Waals surface area (Å²) in [5.41, 5.74) is 0. The van der Waals surface area contributed by atoms with E-state index in [4.69, 9.17) is 0 Å². The zero-order valence-electron chi connectivity index (χ0n) is 8.43. The Balaban J connectivity index is 3.24. The molecular formula is C11H22.